The maximum Gasteiger partial charge on any atom is 0.281 e. The maximum absolute atomic E-state index is 13.6. The van der Waals surface area contributed by atoms with Crippen molar-refractivity contribution in [2.45, 2.75) is 49.6 Å². The van der Waals surface area contributed by atoms with Crippen LogP contribution in [-0.4, -0.2) is 31.4 Å². The van der Waals surface area contributed by atoms with Crippen molar-refractivity contribution >= 4 is 15.7 Å². The van der Waals surface area contributed by atoms with Crippen molar-refractivity contribution in [2.75, 3.05) is 7.11 Å². The van der Waals surface area contributed by atoms with E-state index in [-0.39, 0.29) is 10.8 Å². The van der Waals surface area contributed by atoms with Crippen LogP contribution in [0.5, 0.6) is 0 Å². The highest BCUT2D eigenvalue weighted by atomic mass is 32.2. The SMILES string of the molecule is COC12CCCCC1CC(c1ccccc1)=NN2S(=O)(=O)c1ccc(C)cc1. The largest absolute Gasteiger partial charge is 0.356 e. The second-order valence-corrected chi connectivity index (χ2v) is 9.44. The highest BCUT2D eigenvalue weighted by Crippen LogP contribution is 2.46. The Labute approximate surface area is 167 Å². The highest BCUT2D eigenvalue weighted by molar-refractivity contribution is 7.89. The molecule has 2 aromatic rings. The van der Waals surface area contributed by atoms with E-state index in [9.17, 15) is 8.42 Å². The summed E-state index contributed by atoms with van der Waals surface area (Å²) in [5.74, 6) is 0.0826. The molecule has 0 N–H and O–H groups in total. The van der Waals surface area contributed by atoms with Gasteiger partial charge in [-0.3, -0.25) is 0 Å². The van der Waals surface area contributed by atoms with Crippen molar-refractivity contribution < 1.29 is 13.2 Å². The van der Waals surface area contributed by atoms with Gasteiger partial charge in [-0.05, 0) is 50.3 Å². The van der Waals surface area contributed by atoms with Crippen molar-refractivity contribution in [3.05, 3.63) is 65.7 Å². The molecule has 148 valence electrons. The Hall–Kier alpha value is -2.18. The summed E-state index contributed by atoms with van der Waals surface area (Å²) in [6.07, 6.45) is 4.32. The standard InChI is InChI=1S/C22H26N2O3S/c1-17-11-13-20(14-12-17)28(25,26)24-22(27-2)15-7-6-10-19(22)16-21(23-24)18-8-4-3-5-9-18/h3-5,8-9,11-14,19H,6-7,10,15-16H2,1-2H3. The van der Waals surface area contributed by atoms with Crippen LogP contribution in [0.2, 0.25) is 0 Å². The summed E-state index contributed by atoms with van der Waals surface area (Å²) in [5, 5.41) is 4.69. The molecule has 6 heteroatoms. The van der Waals surface area contributed by atoms with E-state index in [0.29, 0.717) is 6.42 Å². The van der Waals surface area contributed by atoms with Gasteiger partial charge in [0.1, 0.15) is 0 Å². The van der Waals surface area contributed by atoms with Crippen LogP contribution >= 0.6 is 0 Å². The van der Waals surface area contributed by atoms with Gasteiger partial charge in [0.15, 0.2) is 5.72 Å². The van der Waals surface area contributed by atoms with Crippen LogP contribution in [-0.2, 0) is 14.8 Å². The molecule has 2 unspecified atom stereocenters. The first-order valence-electron chi connectivity index (χ1n) is 9.77. The number of fused-ring (bicyclic) bond motifs is 1. The zero-order chi connectivity index (χ0) is 19.8. The Kier molecular flexibility index (Phi) is 5.02. The van der Waals surface area contributed by atoms with E-state index in [4.69, 9.17) is 4.74 Å². The Balaban J connectivity index is 1.87. The smallest absolute Gasteiger partial charge is 0.281 e. The number of methoxy groups -OCH3 is 1. The van der Waals surface area contributed by atoms with Gasteiger partial charge < -0.3 is 4.74 Å². The fourth-order valence-electron chi connectivity index (χ4n) is 4.40. The molecule has 0 spiro atoms. The van der Waals surface area contributed by atoms with Gasteiger partial charge in [0.2, 0.25) is 0 Å². The number of hydrogen-bond donors (Lipinski definition) is 0. The van der Waals surface area contributed by atoms with Gasteiger partial charge in [-0.15, -0.1) is 0 Å². The molecular formula is C22H26N2O3S. The van der Waals surface area contributed by atoms with Gasteiger partial charge in [-0.1, -0.05) is 54.4 Å². The lowest BCUT2D eigenvalue weighted by Crippen LogP contribution is -2.59. The third-order valence-electron chi connectivity index (χ3n) is 5.96. The molecule has 1 aliphatic heterocycles. The highest BCUT2D eigenvalue weighted by Gasteiger charge is 2.53. The molecule has 0 amide bonds. The van der Waals surface area contributed by atoms with Gasteiger partial charge >= 0.3 is 0 Å². The Morgan fingerprint density at radius 3 is 2.46 bits per heavy atom. The van der Waals surface area contributed by atoms with Crippen LogP contribution in [0.25, 0.3) is 0 Å². The minimum Gasteiger partial charge on any atom is -0.356 e. The van der Waals surface area contributed by atoms with Crippen molar-refractivity contribution in [3.63, 3.8) is 0 Å². The van der Waals surface area contributed by atoms with Crippen LogP contribution < -0.4 is 0 Å². The van der Waals surface area contributed by atoms with Crippen LogP contribution in [0, 0.1) is 12.8 Å². The van der Waals surface area contributed by atoms with E-state index < -0.39 is 15.7 Å². The first-order chi connectivity index (χ1) is 13.5. The van der Waals surface area contributed by atoms with E-state index in [1.165, 1.54) is 4.41 Å². The Morgan fingerprint density at radius 2 is 1.79 bits per heavy atom. The topological polar surface area (TPSA) is 59.0 Å². The molecule has 2 aromatic carbocycles. The minimum atomic E-state index is -3.84. The first-order valence-corrected chi connectivity index (χ1v) is 11.2. The fraction of sp³-hybridized carbons (Fsp3) is 0.409. The number of hydrogen-bond acceptors (Lipinski definition) is 4. The quantitative estimate of drug-likeness (QED) is 0.770. The Bertz CT molecular complexity index is 971. The zero-order valence-corrected chi connectivity index (χ0v) is 17.2. The van der Waals surface area contributed by atoms with Crippen LogP contribution in [0.1, 0.15) is 43.2 Å². The first kappa shape index (κ1) is 19.2. The number of aryl methyl sites for hydroxylation is 1. The molecule has 2 atom stereocenters. The van der Waals surface area contributed by atoms with Crippen molar-refractivity contribution in [3.8, 4) is 0 Å². The van der Waals surface area contributed by atoms with Gasteiger partial charge in [0.05, 0.1) is 10.6 Å². The molecule has 28 heavy (non-hydrogen) atoms. The number of hydrazone groups is 1. The predicted octanol–water partition coefficient (Wildman–Crippen LogP) is 4.33. The second kappa shape index (κ2) is 7.33. The maximum atomic E-state index is 13.6. The molecule has 2 aliphatic rings. The summed E-state index contributed by atoms with van der Waals surface area (Å²) >= 11 is 0. The second-order valence-electron chi connectivity index (χ2n) is 7.67. The molecular weight excluding hydrogens is 372 g/mol. The van der Waals surface area contributed by atoms with Crippen LogP contribution in [0.3, 0.4) is 0 Å². The van der Waals surface area contributed by atoms with Crippen molar-refractivity contribution in [1.82, 2.24) is 4.41 Å². The molecule has 0 bridgehead atoms. The van der Waals surface area contributed by atoms with E-state index in [1.54, 1.807) is 19.2 Å². The summed E-state index contributed by atoms with van der Waals surface area (Å²) in [4.78, 5) is 0.247. The average Bonchev–Trinajstić information content (AvgIpc) is 2.73. The number of rotatable bonds is 4. The predicted molar refractivity (Wildman–Crippen MR) is 109 cm³/mol. The summed E-state index contributed by atoms with van der Waals surface area (Å²) in [6.45, 7) is 1.94. The van der Waals surface area contributed by atoms with E-state index >= 15 is 0 Å². The number of sulfonamides is 1. The summed E-state index contributed by atoms with van der Waals surface area (Å²) < 4.78 is 34.5. The molecule has 5 nitrogen and oxygen atoms in total. The fourth-order valence-corrected chi connectivity index (χ4v) is 6.01. The summed E-state index contributed by atoms with van der Waals surface area (Å²) in [7, 11) is -2.23. The lowest BCUT2D eigenvalue weighted by Gasteiger charge is -2.50. The van der Waals surface area contributed by atoms with Gasteiger partial charge in [0, 0.05) is 13.0 Å². The van der Waals surface area contributed by atoms with E-state index in [2.05, 4.69) is 5.10 Å². The Morgan fingerprint density at radius 1 is 1.07 bits per heavy atom. The average molecular weight is 399 g/mol. The molecule has 0 saturated heterocycles. The van der Waals surface area contributed by atoms with E-state index in [0.717, 1.165) is 42.5 Å². The van der Waals surface area contributed by atoms with E-state index in [1.807, 2.05) is 49.4 Å². The molecule has 0 radical (unpaired) electrons. The lowest BCUT2D eigenvalue weighted by molar-refractivity contribution is -0.160. The summed E-state index contributed by atoms with van der Waals surface area (Å²) in [6, 6.07) is 16.8. The molecule has 1 fully saturated rings. The van der Waals surface area contributed by atoms with Gasteiger partial charge in [0.25, 0.3) is 10.0 Å². The third kappa shape index (κ3) is 3.14. The van der Waals surface area contributed by atoms with Gasteiger partial charge in [-0.25, -0.2) is 0 Å². The number of benzene rings is 2. The van der Waals surface area contributed by atoms with Crippen LogP contribution in [0.15, 0.2) is 64.6 Å². The minimum absolute atomic E-state index is 0.0826. The number of ether oxygens (including phenoxy) is 1. The molecule has 1 heterocycles. The van der Waals surface area contributed by atoms with Crippen molar-refractivity contribution in [2.24, 2.45) is 11.0 Å². The monoisotopic (exact) mass is 398 g/mol. The van der Waals surface area contributed by atoms with Crippen molar-refractivity contribution in [1.29, 1.82) is 0 Å². The molecule has 4 rings (SSSR count). The van der Waals surface area contributed by atoms with Crippen LogP contribution in [0.4, 0.5) is 0 Å². The molecule has 1 saturated carbocycles. The lowest BCUT2D eigenvalue weighted by atomic mass is 9.76. The van der Waals surface area contributed by atoms with Gasteiger partial charge in [-0.2, -0.15) is 17.9 Å². The zero-order valence-electron chi connectivity index (χ0n) is 16.3. The normalized spacial score (nSPS) is 25.1. The summed E-state index contributed by atoms with van der Waals surface area (Å²) in [5.41, 5.74) is 1.86. The molecule has 1 aliphatic carbocycles. The number of nitrogens with zero attached hydrogens (tertiary/aromatic N) is 2. The molecule has 0 aromatic heterocycles. The third-order valence-corrected chi connectivity index (χ3v) is 7.67.